The minimum atomic E-state index is -2.39. The molecule has 76 valence electrons. The summed E-state index contributed by atoms with van der Waals surface area (Å²) in [5, 5.41) is 0. The van der Waals surface area contributed by atoms with Crippen molar-refractivity contribution in [3.05, 3.63) is 0 Å². The van der Waals surface area contributed by atoms with Crippen LogP contribution in [0.25, 0.3) is 0 Å². The summed E-state index contributed by atoms with van der Waals surface area (Å²) in [6.45, 7) is 2.20. The van der Waals surface area contributed by atoms with Gasteiger partial charge in [0.1, 0.15) is 0 Å². The molecule has 0 amide bonds. The van der Waals surface area contributed by atoms with Crippen LogP contribution in [-0.2, 0) is 7.87 Å². The Morgan fingerprint density at radius 2 is 1.69 bits per heavy atom. The zero-order valence-corrected chi connectivity index (χ0v) is 11.4. The summed E-state index contributed by atoms with van der Waals surface area (Å²) in [5.74, 6) is 0. The Kier molecular flexibility index (Phi) is 10.6. The Hall–Kier alpha value is 0.269. The van der Waals surface area contributed by atoms with Crippen molar-refractivity contribution in [3.8, 4) is 0 Å². The summed E-state index contributed by atoms with van der Waals surface area (Å²) in [6.07, 6.45) is 8.26. The van der Waals surface area contributed by atoms with Gasteiger partial charge < -0.3 is 0 Å². The molecule has 0 aromatic carbocycles. The van der Waals surface area contributed by atoms with Gasteiger partial charge in [-0.2, -0.15) is 0 Å². The van der Waals surface area contributed by atoms with Crippen LogP contribution >= 0.6 is 0 Å². The van der Waals surface area contributed by atoms with Crippen molar-refractivity contribution in [1.29, 1.82) is 0 Å². The summed E-state index contributed by atoms with van der Waals surface area (Å²) in [4.78, 5) is 10.0. The van der Waals surface area contributed by atoms with Crippen LogP contribution in [0.1, 0.15) is 45.4 Å². The van der Waals surface area contributed by atoms with E-state index in [9.17, 15) is 7.87 Å². The molecule has 0 fully saturated rings. The van der Waals surface area contributed by atoms with E-state index in [1.807, 2.05) is 0 Å². The van der Waals surface area contributed by atoms with Gasteiger partial charge in [0.05, 0.1) is 0 Å². The van der Waals surface area contributed by atoms with Crippen LogP contribution in [-0.4, -0.2) is 26.0 Å². The third-order valence-corrected chi connectivity index (χ3v) is 6.50. The van der Waals surface area contributed by atoms with Crippen molar-refractivity contribution in [2.24, 2.45) is 0 Å². The number of carbonyl (C=O) groups excluding carboxylic acids is 1. The number of aldehydes is 1. The molecule has 0 aliphatic rings. The quantitative estimate of drug-likeness (QED) is 0.372. The van der Waals surface area contributed by atoms with Crippen LogP contribution in [0, 0.1) is 0 Å². The molecule has 0 N–H and O–H groups in total. The molecule has 0 aromatic heterocycles. The molecule has 0 radical (unpaired) electrons. The number of hydrogen-bond donors (Lipinski definition) is 0. The predicted octanol–water partition coefficient (Wildman–Crippen LogP) is 2.97. The molecule has 0 saturated heterocycles. The SMILES string of the molecule is CCCCCCC[CH2][Sn](=[O])[CH2]C=O. The molecule has 0 aliphatic carbocycles. The minimum absolute atomic E-state index is 0.386. The van der Waals surface area contributed by atoms with Gasteiger partial charge in [-0.1, -0.05) is 0 Å². The van der Waals surface area contributed by atoms with Gasteiger partial charge in [-0.25, -0.2) is 0 Å². The second-order valence-corrected chi connectivity index (χ2v) is 9.09. The maximum atomic E-state index is 11.2. The summed E-state index contributed by atoms with van der Waals surface area (Å²) >= 11 is -2.39. The molecule has 0 bridgehead atoms. The Morgan fingerprint density at radius 1 is 1.08 bits per heavy atom. The molecule has 0 heterocycles. The summed E-state index contributed by atoms with van der Waals surface area (Å²) in [6, 6.07) is 0. The van der Waals surface area contributed by atoms with E-state index >= 15 is 0 Å². The Morgan fingerprint density at radius 3 is 2.31 bits per heavy atom. The second-order valence-electron chi connectivity index (χ2n) is 3.43. The molecule has 0 rings (SSSR count). The monoisotopic (exact) mass is 292 g/mol. The van der Waals surface area contributed by atoms with E-state index in [-0.39, 0.29) is 0 Å². The van der Waals surface area contributed by atoms with Crippen LogP contribution in [0.4, 0.5) is 0 Å². The van der Waals surface area contributed by atoms with E-state index in [1.165, 1.54) is 32.1 Å². The van der Waals surface area contributed by atoms with E-state index in [2.05, 4.69) is 6.92 Å². The molecule has 13 heavy (non-hydrogen) atoms. The standard InChI is InChI=1S/C8H17.C2H3O.O.Sn/c1-3-5-7-8-6-4-2;1-2-3;;/h1,3-8H2,2H3;2H,1H2;;. The topological polar surface area (TPSA) is 34.1 Å². The maximum absolute atomic E-state index is 11.2. The molecular weight excluding hydrogens is 271 g/mol. The molecule has 0 unspecified atom stereocenters. The zero-order valence-electron chi connectivity index (χ0n) is 8.55. The Bertz CT molecular complexity index is 146. The third-order valence-electron chi connectivity index (χ3n) is 2.12. The van der Waals surface area contributed by atoms with Crippen molar-refractivity contribution in [2.75, 3.05) is 0 Å². The van der Waals surface area contributed by atoms with E-state index in [4.69, 9.17) is 0 Å². The molecule has 3 heteroatoms. The molecule has 0 aromatic rings. The number of hydrogen-bond acceptors (Lipinski definition) is 2. The fourth-order valence-electron chi connectivity index (χ4n) is 1.30. The summed E-state index contributed by atoms with van der Waals surface area (Å²) in [5.41, 5.74) is 0. The van der Waals surface area contributed by atoms with Crippen molar-refractivity contribution in [2.45, 2.75) is 54.3 Å². The first-order chi connectivity index (χ1) is 6.31. The van der Waals surface area contributed by atoms with Gasteiger partial charge in [-0.05, 0) is 0 Å². The summed E-state index contributed by atoms with van der Waals surface area (Å²) in [7, 11) is 0. The van der Waals surface area contributed by atoms with Crippen molar-refractivity contribution in [1.82, 2.24) is 0 Å². The van der Waals surface area contributed by atoms with E-state index < -0.39 is 19.7 Å². The molecule has 0 atom stereocenters. The normalized spacial score (nSPS) is 9.92. The van der Waals surface area contributed by atoms with Gasteiger partial charge >= 0.3 is 88.2 Å². The predicted molar refractivity (Wildman–Crippen MR) is 55.5 cm³/mol. The van der Waals surface area contributed by atoms with Crippen LogP contribution in [0.5, 0.6) is 0 Å². The molecule has 0 saturated carbocycles. The van der Waals surface area contributed by atoms with Gasteiger partial charge in [-0.15, -0.1) is 0 Å². The van der Waals surface area contributed by atoms with Crippen LogP contribution in [0.3, 0.4) is 0 Å². The molecule has 0 spiro atoms. The van der Waals surface area contributed by atoms with Gasteiger partial charge in [0, 0.05) is 0 Å². The van der Waals surface area contributed by atoms with Gasteiger partial charge in [-0.3, -0.25) is 0 Å². The van der Waals surface area contributed by atoms with Gasteiger partial charge in [0.15, 0.2) is 0 Å². The van der Waals surface area contributed by atoms with E-state index in [0.29, 0.717) is 4.44 Å². The average Bonchev–Trinajstić information content (AvgIpc) is 2.11. The van der Waals surface area contributed by atoms with Crippen LogP contribution in [0.2, 0.25) is 8.87 Å². The first kappa shape index (κ1) is 13.3. The molecular formula is C10H20O2Sn. The van der Waals surface area contributed by atoms with Crippen molar-refractivity contribution < 1.29 is 7.87 Å². The first-order valence-electron chi connectivity index (χ1n) is 5.26. The molecule has 2 nitrogen and oxygen atoms in total. The molecule has 0 aliphatic heterocycles. The van der Waals surface area contributed by atoms with Crippen LogP contribution in [0.15, 0.2) is 0 Å². The summed E-state index contributed by atoms with van der Waals surface area (Å²) < 4.78 is 12.4. The Balaban J connectivity index is 3.06. The number of carbonyl (C=O) groups is 1. The Labute approximate surface area is 88.2 Å². The number of rotatable bonds is 9. The van der Waals surface area contributed by atoms with Gasteiger partial charge in [0.2, 0.25) is 0 Å². The second kappa shape index (κ2) is 10.4. The van der Waals surface area contributed by atoms with Crippen molar-refractivity contribution >= 4 is 26.0 Å². The van der Waals surface area contributed by atoms with Gasteiger partial charge in [0.25, 0.3) is 0 Å². The van der Waals surface area contributed by atoms with Crippen LogP contribution < -0.4 is 0 Å². The fraction of sp³-hybridized carbons (Fsp3) is 0.900. The van der Waals surface area contributed by atoms with Crippen molar-refractivity contribution in [3.63, 3.8) is 0 Å². The zero-order chi connectivity index (χ0) is 9.94. The van der Waals surface area contributed by atoms with E-state index in [1.54, 1.807) is 0 Å². The fourth-order valence-corrected chi connectivity index (χ4v) is 4.25. The number of unbranched alkanes of at least 4 members (excludes halogenated alkanes) is 5. The average molecular weight is 291 g/mol. The van der Waals surface area contributed by atoms with E-state index in [0.717, 1.165) is 17.1 Å². The first-order valence-corrected chi connectivity index (χ1v) is 10.5. The third kappa shape index (κ3) is 10.2.